The number of hydrogen-bond acceptors (Lipinski definition) is 5. The number of fused-ring (bicyclic) bond motifs is 11. The number of nitrogens with zero attached hydrogens (tertiary/aromatic N) is 4. The number of para-hydroxylation sites is 1. The third-order valence-corrected chi connectivity index (χ3v) is 14.1. The summed E-state index contributed by atoms with van der Waals surface area (Å²) in [5.41, 5.74) is 9.82. The van der Waals surface area contributed by atoms with Gasteiger partial charge in [-0.3, -0.25) is 0 Å². The van der Waals surface area contributed by atoms with Crippen LogP contribution in [0.1, 0.15) is 0 Å². The zero-order chi connectivity index (χ0) is 42.6. The van der Waals surface area contributed by atoms with Crippen LogP contribution in [0.4, 0.5) is 0 Å². The number of hydrogen-bond donors (Lipinski definition) is 0. The Balaban J connectivity index is 1.03. The van der Waals surface area contributed by atoms with Crippen LogP contribution >= 0.6 is 11.3 Å². The molecule has 65 heavy (non-hydrogen) atoms. The number of benzene rings is 10. The molecule has 0 saturated carbocycles. The molecule has 0 spiro atoms. The highest BCUT2D eigenvalue weighted by Gasteiger charge is 2.23. The van der Waals surface area contributed by atoms with Gasteiger partial charge < -0.3 is 8.98 Å². The van der Waals surface area contributed by atoms with Gasteiger partial charge in [0.25, 0.3) is 0 Å². The summed E-state index contributed by atoms with van der Waals surface area (Å²) in [5, 5.41) is 11.5. The Bertz CT molecular complexity index is 4260. The van der Waals surface area contributed by atoms with Crippen molar-refractivity contribution in [2.45, 2.75) is 0 Å². The van der Waals surface area contributed by atoms with Crippen molar-refractivity contribution in [3.8, 4) is 51.0 Å². The van der Waals surface area contributed by atoms with Gasteiger partial charge in [-0.1, -0.05) is 140 Å². The summed E-state index contributed by atoms with van der Waals surface area (Å²) < 4.78 is 11.8. The zero-order valence-corrected chi connectivity index (χ0v) is 35.6. The van der Waals surface area contributed by atoms with E-state index in [-0.39, 0.29) is 0 Å². The van der Waals surface area contributed by atoms with Gasteiger partial charge in [0.05, 0.1) is 16.7 Å². The Hall–Kier alpha value is -8.45. The van der Waals surface area contributed by atoms with Gasteiger partial charge in [-0.2, -0.15) is 0 Å². The molecule has 4 aromatic heterocycles. The lowest BCUT2D eigenvalue weighted by molar-refractivity contribution is 0.668. The molecule has 0 saturated heterocycles. The third kappa shape index (κ3) is 5.67. The Morgan fingerprint density at radius 1 is 0.354 bits per heavy atom. The summed E-state index contributed by atoms with van der Waals surface area (Å²) in [4.78, 5) is 15.9. The normalized spacial score (nSPS) is 12.0. The fourth-order valence-corrected chi connectivity index (χ4v) is 11.0. The average Bonchev–Trinajstić information content (AvgIpc) is 4.04. The van der Waals surface area contributed by atoms with E-state index in [0.29, 0.717) is 17.5 Å². The fraction of sp³-hybridized carbons (Fsp3) is 0. The molecule has 0 unspecified atom stereocenters. The van der Waals surface area contributed by atoms with Gasteiger partial charge in [-0.25, -0.2) is 15.0 Å². The van der Waals surface area contributed by atoms with Gasteiger partial charge >= 0.3 is 0 Å². The zero-order valence-electron chi connectivity index (χ0n) is 34.7. The summed E-state index contributed by atoms with van der Waals surface area (Å²) in [6.45, 7) is 0. The van der Waals surface area contributed by atoms with Crippen LogP contribution in [0.5, 0.6) is 0 Å². The summed E-state index contributed by atoms with van der Waals surface area (Å²) >= 11 is 1.81. The predicted molar refractivity (Wildman–Crippen MR) is 271 cm³/mol. The first kappa shape index (κ1) is 36.1. The molecule has 0 N–H and O–H groups in total. The molecule has 0 atom stereocenters. The molecule has 5 nitrogen and oxygen atoms in total. The molecular formula is C59H34N4OS. The third-order valence-electron chi connectivity index (χ3n) is 13.0. The topological polar surface area (TPSA) is 56.7 Å². The van der Waals surface area contributed by atoms with Crippen LogP contribution in [0.2, 0.25) is 0 Å². The average molecular weight is 847 g/mol. The Labute approximate surface area is 376 Å². The van der Waals surface area contributed by atoms with E-state index >= 15 is 0 Å². The van der Waals surface area contributed by atoms with Crippen LogP contribution in [-0.4, -0.2) is 19.5 Å². The number of furan rings is 1. The maximum Gasteiger partial charge on any atom is 0.164 e. The molecule has 302 valence electrons. The molecule has 0 aliphatic heterocycles. The second kappa shape index (κ2) is 14.0. The number of aromatic nitrogens is 4. The highest BCUT2D eigenvalue weighted by molar-refractivity contribution is 7.25. The Kier molecular flexibility index (Phi) is 7.79. The second-order valence-electron chi connectivity index (χ2n) is 16.8. The molecule has 10 aromatic carbocycles. The van der Waals surface area contributed by atoms with Crippen LogP contribution in [-0.2, 0) is 0 Å². The minimum atomic E-state index is 0.585. The van der Waals surface area contributed by atoms with Crippen molar-refractivity contribution in [3.63, 3.8) is 0 Å². The van der Waals surface area contributed by atoms with Crippen LogP contribution in [0.15, 0.2) is 211 Å². The largest absolute Gasteiger partial charge is 0.456 e. The van der Waals surface area contributed by atoms with E-state index in [9.17, 15) is 0 Å². The molecule has 0 bridgehead atoms. The molecule has 14 rings (SSSR count). The van der Waals surface area contributed by atoms with Crippen molar-refractivity contribution in [3.05, 3.63) is 206 Å². The molecule has 4 heterocycles. The van der Waals surface area contributed by atoms with Gasteiger partial charge in [-0.05, 0) is 87.8 Å². The fourth-order valence-electron chi connectivity index (χ4n) is 9.94. The van der Waals surface area contributed by atoms with Crippen molar-refractivity contribution >= 4 is 96.8 Å². The van der Waals surface area contributed by atoms with Gasteiger partial charge in [-0.15, -0.1) is 11.3 Å². The van der Waals surface area contributed by atoms with Crippen molar-refractivity contribution in [1.82, 2.24) is 19.5 Å². The first-order chi connectivity index (χ1) is 32.2. The van der Waals surface area contributed by atoms with Gasteiger partial charge in [0.1, 0.15) is 11.2 Å². The van der Waals surface area contributed by atoms with Crippen LogP contribution in [0, 0.1) is 0 Å². The van der Waals surface area contributed by atoms with E-state index in [1.54, 1.807) is 11.3 Å². The van der Waals surface area contributed by atoms with Crippen molar-refractivity contribution in [2.24, 2.45) is 0 Å². The molecular weight excluding hydrogens is 813 g/mol. The van der Waals surface area contributed by atoms with E-state index in [1.165, 1.54) is 41.7 Å². The highest BCUT2D eigenvalue weighted by Crippen LogP contribution is 2.44. The number of thiophene rings is 1. The molecule has 0 radical (unpaired) electrons. The first-order valence-corrected chi connectivity index (χ1v) is 22.6. The van der Waals surface area contributed by atoms with E-state index < -0.39 is 0 Å². The standard InChI is InChI=1S/C59H34N4OS/c1-2-14-36(15-3-1)45-33-48-53(34-51(45)63-49-22-10-8-19-42(49)46-30-38-17-6-7-18-39(38)32-50(46)63)64-52-23-12-21-44(56(48)52)59-61-57(40-26-25-35-13-4-5-16-37(35)29-40)60-58(62-59)41-27-28-55-47(31-41)43-20-9-11-24-54(43)65-55/h1-34H. The van der Waals surface area contributed by atoms with Gasteiger partial charge in [0.2, 0.25) is 0 Å². The monoisotopic (exact) mass is 846 g/mol. The maximum absolute atomic E-state index is 6.91. The van der Waals surface area contributed by atoms with Crippen molar-refractivity contribution in [2.75, 3.05) is 0 Å². The lowest BCUT2D eigenvalue weighted by Crippen LogP contribution is -2.00. The van der Waals surface area contributed by atoms with E-state index in [1.807, 2.05) is 6.07 Å². The van der Waals surface area contributed by atoms with E-state index in [4.69, 9.17) is 19.4 Å². The SMILES string of the molecule is c1ccc(-c2cc3c(cc2-n2c4ccccc4c4cc5ccccc5cc42)oc2cccc(-c4nc(-c5ccc6ccccc6c5)nc(-c5ccc6sc7ccccc7c6c5)n4)c23)cc1. The summed E-state index contributed by atoms with van der Waals surface area (Å²) in [7, 11) is 0. The lowest BCUT2D eigenvalue weighted by Gasteiger charge is -2.15. The molecule has 14 aromatic rings. The van der Waals surface area contributed by atoms with Crippen molar-refractivity contribution in [1.29, 1.82) is 0 Å². The highest BCUT2D eigenvalue weighted by atomic mass is 32.1. The molecule has 0 amide bonds. The molecule has 0 aliphatic rings. The van der Waals surface area contributed by atoms with E-state index in [0.717, 1.165) is 77.2 Å². The van der Waals surface area contributed by atoms with Gasteiger partial charge in [0, 0.05) is 70.0 Å². The van der Waals surface area contributed by atoms with Crippen LogP contribution in [0.3, 0.4) is 0 Å². The predicted octanol–water partition coefficient (Wildman–Crippen LogP) is 16.2. The number of rotatable bonds is 5. The van der Waals surface area contributed by atoms with E-state index in [2.05, 4.69) is 205 Å². The molecule has 0 fully saturated rings. The lowest BCUT2D eigenvalue weighted by atomic mass is 9.98. The minimum absolute atomic E-state index is 0.585. The Morgan fingerprint density at radius 2 is 1.02 bits per heavy atom. The Morgan fingerprint density at radius 3 is 1.86 bits per heavy atom. The maximum atomic E-state index is 6.91. The smallest absolute Gasteiger partial charge is 0.164 e. The second-order valence-corrected chi connectivity index (χ2v) is 17.8. The minimum Gasteiger partial charge on any atom is -0.456 e. The summed E-state index contributed by atoms with van der Waals surface area (Å²) in [6, 6.07) is 73.4. The van der Waals surface area contributed by atoms with Crippen LogP contribution < -0.4 is 0 Å². The summed E-state index contributed by atoms with van der Waals surface area (Å²) in [6.07, 6.45) is 0. The van der Waals surface area contributed by atoms with Crippen molar-refractivity contribution < 1.29 is 4.42 Å². The van der Waals surface area contributed by atoms with Crippen LogP contribution in [0.25, 0.3) is 136 Å². The molecule has 6 heteroatoms. The summed E-state index contributed by atoms with van der Waals surface area (Å²) in [5.74, 6) is 1.81. The first-order valence-electron chi connectivity index (χ1n) is 21.8. The quantitative estimate of drug-likeness (QED) is 0.173. The molecule has 0 aliphatic carbocycles. The van der Waals surface area contributed by atoms with Gasteiger partial charge in [0.15, 0.2) is 17.5 Å².